The van der Waals surface area contributed by atoms with E-state index in [2.05, 4.69) is 10.3 Å². The highest BCUT2D eigenvalue weighted by Gasteiger charge is 2.23. The van der Waals surface area contributed by atoms with E-state index in [1.54, 1.807) is 26.1 Å². The molecular formula is C21H20N2O3S. The quantitative estimate of drug-likeness (QED) is 0.510. The Morgan fingerprint density at radius 1 is 1.00 bits per heavy atom. The first-order chi connectivity index (χ1) is 13.0. The Morgan fingerprint density at radius 3 is 2.56 bits per heavy atom. The average molecular weight is 380 g/mol. The summed E-state index contributed by atoms with van der Waals surface area (Å²) in [4.78, 5) is 30.0. The zero-order valence-electron chi connectivity index (χ0n) is 15.1. The van der Waals surface area contributed by atoms with Gasteiger partial charge in [0, 0.05) is 16.5 Å². The van der Waals surface area contributed by atoms with E-state index in [0.29, 0.717) is 5.69 Å². The van der Waals surface area contributed by atoms with Crippen LogP contribution in [0.1, 0.15) is 13.8 Å². The van der Waals surface area contributed by atoms with Crippen molar-refractivity contribution in [2.24, 2.45) is 0 Å². The van der Waals surface area contributed by atoms with Gasteiger partial charge in [-0.05, 0) is 50.2 Å². The van der Waals surface area contributed by atoms with Gasteiger partial charge in [-0.25, -0.2) is 0 Å². The fraction of sp³-hybridized carbons (Fsp3) is 0.190. The minimum Gasteiger partial charge on any atom is -0.452 e. The van der Waals surface area contributed by atoms with E-state index in [1.165, 1.54) is 11.8 Å². The highest BCUT2D eigenvalue weighted by Crippen LogP contribution is 2.24. The number of esters is 1. The summed E-state index contributed by atoms with van der Waals surface area (Å²) in [5.41, 5.74) is 1.42. The molecule has 27 heavy (non-hydrogen) atoms. The maximum Gasteiger partial charge on any atom is 0.319 e. The molecule has 1 amide bonds. The molecule has 0 aliphatic rings. The van der Waals surface area contributed by atoms with Gasteiger partial charge in [-0.3, -0.25) is 14.6 Å². The second kappa shape index (κ2) is 8.68. The van der Waals surface area contributed by atoms with Gasteiger partial charge in [-0.2, -0.15) is 0 Å². The first kappa shape index (κ1) is 18.9. The number of thioether (sulfide) groups is 1. The van der Waals surface area contributed by atoms with Crippen molar-refractivity contribution in [2.45, 2.75) is 30.1 Å². The Hall–Kier alpha value is -2.86. The minimum atomic E-state index is -0.900. The van der Waals surface area contributed by atoms with E-state index in [1.807, 2.05) is 54.6 Å². The molecule has 3 rings (SSSR count). The predicted molar refractivity (Wildman–Crippen MR) is 108 cm³/mol. The minimum absolute atomic E-state index is 0.378. The van der Waals surface area contributed by atoms with Crippen LogP contribution in [0.2, 0.25) is 0 Å². The van der Waals surface area contributed by atoms with Crippen LogP contribution < -0.4 is 5.32 Å². The summed E-state index contributed by atoms with van der Waals surface area (Å²) in [6.45, 7) is 3.33. The first-order valence-electron chi connectivity index (χ1n) is 8.61. The molecule has 3 aromatic rings. The Kier molecular flexibility index (Phi) is 6.08. The molecule has 2 atom stereocenters. The molecular weight excluding hydrogens is 360 g/mol. The molecule has 1 heterocycles. The number of benzene rings is 2. The van der Waals surface area contributed by atoms with Crippen LogP contribution in [0, 0.1) is 0 Å². The van der Waals surface area contributed by atoms with Crippen LogP contribution in [-0.2, 0) is 14.3 Å². The molecule has 2 aromatic carbocycles. The molecule has 1 N–H and O–H groups in total. The van der Waals surface area contributed by atoms with E-state index in [4.69, 9.17) is 4.74 Å². The monoisotopic (exact) mass is 380 g/mol. The number of carbonyl (C=O) groups is 2. The molecule has 5 nitrogen and oxygen atoms in total. The fourth-order valence-corrected chi connectivity index (χ4v) is 3.40. The Morgan fingerprint density at radius 2 is 1.78 bits per heavy atom. The van der Waals surface area contributed by atoms with Crippen LogP contribution in [0.25, 0.3) is 10.9 Å². The van der Waals surface area contributed by atoms with Gasteiger partial charge in [0.2, 0.25) is 0 Å². The van der Waals surface area contributed by atoms with Crippen LogP contribution in [0.4, 0.5) is 5.69 Å². The third-order valence-electron chi connectivity index (χ3n) is 3.95. The SMILES string of the molecule is CC(OC(=O)C(C)Sc1ccccc1)C(=O)Nc1cccc2ncccc12. The number of hydrogen-bond donors (Lipinski definition) is 1. The molecule has 2 unspecified atom stereocenters. The molecule has 0 radical (unpaired) electrons. The lowest BCUT2D eigenvalue weighted by Gasteiger charge is -2.17. The summed E-state index contributed by atoms with van der Waals surface area (Å²) in [6, 6.07) is 18.8. The molecule has 138 valence electrons. The second-order valence-corrected chi connectivity index (χ2v) is 7.43. The van der Waals surface area contributed by atoms with Gasteiger partial charge in [0.05, 0.1) is 11.2 Å². The molecule has 0 saturated carbocycles. The zero-order chi connectivity index (χ0) is 19.2. The van der Waals surface area contributed by atoms with Crippen molar-refractivity contribution in [3.63, 3.8) is 0 Å². The van der Waals surface area contributed by atoms with Gasteiger partial charge in [-0.1, -0.05) is 24.3 Å². The standard InChI is InChI=1S/C21H20N2O3S/c1-14(26-21(25)15(2)27-16-8-4-3-5-9-16)20(24)23-19-12-6-11-18-17(19)10-7-13-22-18/h3-15H,1-2H3,(H,23,24). The highest BCUT2D eigenvalue weighted by molar-refractivity contribution is 8.00. The first-order valence-corrected chi connectivity index (χ1v) is 9.49. The summed E-state index contributed by atoms with van der Waals surface area (Å²) in [6.07, 6.45) is 0.799. The fourth-order valence-electron chi connectivity index (χ4n) is 2.52. The van der Waals surface area contributed by atoms with Crippen LogP contribution in [0.15, 0.2) is 71.8 Å². The van der Waals surface area contributed by atoms with E-state index >= 15 is 0 Å². The predicted octanol–water partition coefficient (Wildman–Crippen LogP) is 4.29. The zero-order valence-corrected chi connectivity index (χ0v) is 15.9. The second-order valence-electron chi connectivity index (χ2n) is 6.02. The maximum atomic E-state index is 12.5. The van der Waals surface area contributed by atoms with Gasteiger partial charge >= 0.3 is 5.97 Å². The third kappa shape index (κ3) is 4.86. The number of anilines is 1. The smallest absolute Gasteiger partial charge is 0.319 e. The van der Waals surface area contributed by atoms with Gasteiger partial charge in [0.25, 0.3) is 5.91 Å². The largest absolute Gasteiger partial charge is 0.452 e. The van der Waals surface area contributed by atoms with E-state index in [-0.39, 0.29) is 5.91 Å². The average Bonchev–Trinajstić information content (AvgIpc) is 2.69. The van der Waals surface area contributed by atoms with Crippen molar-refractivity contribution in [3.8, 4) is 0 Å². The molecule has 0 spiro atoms. The number of nitrogens with zero attached hydrogens (tertiary/aromatic N) is 1. The number of fused-ring (bicyclic) bond motifs is 1. The van der Waals surface area contributed by atoms with Gasteiger partial charge in [0.15, 0.2) is 6.10 Å². The van der Waals surface area contributed by atoms with E-state index in [0.717, 1.165) is 15.8 Å². The van der Waals surface area contributed by atoms with E-state index < -0.39 is 17.3 Å². The van der Waals surface area contributed by atoms with Crippen molar-refractivity contribution in [1.82, 2.24) is 4.98 Å². The third-order valence-corrected chi connectivity index (χ3v) is 5.04. The van der Waals surface area contributed by atoms with E-state index in [9.17, 15) is 9.59 Å². The van der Waals surface area contributed by atoms with Crippen molar-refractivity contribution in [1.29, 1.82) is 0 Å². The maximum absolute atomic E-state index is 12.5. The summed E-state index contributed by atoms with van der Waals surface area (Å²) in [5.74, 6) is -0.803. The number of hydrogen-bond acceptors (Lipinski definition) is 5. The number of nitrogens with one attached hydrogen (secondary N) is 1. The molecule has 0 fully saturated rings. The topological polar surface area (TPSA) is 68.3 Å². The summed E-state index contributed by atoms with van der Waals surface area (Å²) >= 11 is 1.40. The summed E-state index contributed by atoms with van der Waals surface area (Å²) in [7, 11) is 0. The molecule has 0 aliphatic carbocycles. The number of rotatable bonds is 6. The van der Waals surface area contributed by atoms with Crippen LogP contribution in [0.5, 0.6) is 0 Å². The van der Waals surface area contributed by atoms with Crippen LogP contribution >= 0.6 is 11.8 Å². The molecule has 0 bridgehead atoms. The van der Waals surface area contributed by atoms with Crippen molar-refractivity contribution in [2.75, 3.05) is 5.32 Å². The van der Waals surface area contributed by atoms with Crippen LogP contribution in [0.3, 0.4) is 0 Å². The van der Waals surface area contributed by atoms with Crippen molar-refractivity contribution >= 4 is 40.2 Å². The molecule has 1 aromatic heterocycles. The molecule has 0 aliphatic heterocycles. The van der Waals surface area contributed by atoms with Gasteiger partial charge in [0.1, 0.15) is 5.25 Å². The lowest BCUT2D eigenvalue weighted by molar-refractivity contribution is -0.152. The summed E-state index contributed by atoms with van der Waals surface area (Å²) < 4.78 is 5.34. The molecule has 0 saturated heterocycles. The summed E-state index contributed by atoms with van der Waals surface area (Å²) in [5, 5.41) is 3.24. The number of amides is 1. The number of ether oxygens (including phenoxy) is 1. The van der Waals surface area contributed by atoms with Gasteiger partial charge in [-0.15, -0.1) is 11.8 Å². The number of carbonyl (C=O) groups excluding carboxylic acids is 2. The highest BCUT2D eigenvalue weighted by atomic mass is 32.2. The van der Waals surface area contributed by atoms with Gasteiger partial charge < -0.3 is 10.1 Å². The Balaban J connectivity index is 1.60. The number of aromatic nitrogens is 1. The Bertz CT molecular complexity index is 941. The Labute approximate surface area is 162 Å². The number of pyridine rings is 1. The normalized spacial score (nSPS) is 13.0. The van der Waals surface area contributed by atoms with Crippen molar-refractivity contribution < 1.29 is 14.3 Å². The van der Waals surface area contributed by atoms with Crippen LogP contribution in [-0.4, -0.2) is 28.2 Å². The lowest BCUT2D eigenvalue weighted by atomic mass is 10.2. The lowest BCUT2D eigenvalue weighted by Crippen LogP contribution is -2.32. The molecule has 6 heteroatoms. The van der Waals surface area contributed by atoms with Crippen molar-refractivity contribution in [3.05, 3.63) is 66.9 Å².